The van der Waals surface area contributed by atoms with Gasteiger partial charge in [0.15, 0.2) is 16.6 Å². The number of ether oxygens (including phenoxy) is 1. The van der Waals surface area contributed by atoms with Crippen LogP contribution in [0.1, 0.15) is 13.8 Å². The van der Waals surface area contributed by atoms with Crippen molar-refractivity contribution in [1.82, 2.24) is 4.37 Å². The molecule has 0 saturated heterocycles. The molecule has 0 aliphatic heterocycles. The monoisotopic (exact) mass is 287 g/mol. The molecule has 18 heavy (non-hydrogen) atoms. The van der Waals surface area contributed by atoms with Gasteiger partial charge in [-0.15, -0.1) is 0 Å². The molecule has 0 saturated carbocycles. The summed E-state index contributed by atoms with van der Waals surface area (Å²) in [6.45, 7) is 2.23. The Morgan fingerprint density at radius 3 is 2.56 bits per heavy atom. The van der Waals surface area contributed by atoms with E-state index in [4.69, 9.17) is 10.5 Å². The smallest absolute Gasteiger partial charge is 0.324 e. The van der Waals surface area contributed by atoms with Crippen molar-refractivity contribution < 1.29 is 22.3 Å². The van der Waals surface area contributed by atoms with Crippen LogP contribution in [0.2, 0.25) is 0 Å². The lowest BCUT2D eigenvalue weighted by molar-refractivity contribution is -0.117. The summed E-state index contributed by atoms with van der Waals surface area (Å²) in [5.74, 6) is -3.97. The number of nitrogens with one attached hydrogen (secondary N) is 1. The maximum atomic E-state index is 12.7. The second-order valence-electron chi connectivity index (χ2n) is 3.81. The molecule has 3 N–H and O–H groups in total. The standard InChI is InChI=1S/C9H13F4N3OS/c1-4(2)17-5-6(14)16-18-7(5)15-3-9(12,13)8(10)11/h4,8,15H,3H2,1-2H3,(H2,14,16). The van der Waals surface area contributed by atoms with Gasteiger partial charge in [-0.05, 0) is 25.4 Å². The average molecular weight is 287 g/mol. The number of nitrogens with two attached hydrogens (primary N) is 1. The van der Waals surface area contributed by atoms with Gasteiger partial charge in [-0.2, -0.15) is 13.2 Å². The molecule has 0 bridgehead atoms. The highest BCUT2D eigenvalue weighted by atomic mass is 32.1. The molecule has 1 aromatic heterocycles. The Kier molecular flexibility index (Phi) is 4.60. The molecule has 4 nitrogen and oxygen atoms in total. The lowest BCUT2D eigenvalue weighted by Gasteiger charge is -2.17. The largest absolute Gasteiger partial charge is 0.484 e. The van der Waals surface area contributed by atoms with Gasteiger partial charge in [0.1, 0.15) is 0 Å². The molecule has 0 radical (unpaired) electrons. The van der Waals surface area contributed by atoms with Gasteiger partial charge in [0.2, 0.25) is 0 Å². The highest BCUT2D eigenvalue weighted by Gasteiger charge is 2.40. The van der Waals surface area contributed by atoms with Crippen LogP contribution < -0.4 is 15.8 Å². The van der Waals surface area contributed by atoms with Gasteiger partial charge in [-0.1, -0.05) is 0 Å². The predicted molar refractivity (Wildman–Crippen MR) is 61.7 cm³/mol. The van der Waals surface area contributed by atoms with Gasteiger partial charge < -0.3 is 15.8 Å². The van der Waals surface area contributed by atoms with E-state index in [9.17, 15) is 17.6 Å². The Morgan fingerprint density at radius 2 is 2.06 bits per heavy atom. The molecule has 0 fully saturated rings. The van der Waals surface area contributed by atoms with E-state index >= 15 is 0 Å². The van der Waals surface area contributed by atoms with Gasteiger partial charge in [0.25, 0.3) is 0 Å². The van der Waals surface area contributed by atoms with Crippen LogP contribution in [0.15, 0.2) is 0 Å². The summed E-state index contributed by atoms with van der Waals surface area (Å²) in [6, 6.07) is 0. The molecule has 0 spiro atoms. The summed E-state index contributed by atoms with van der Waals surface area (Å²) in [7, 11) is 0. The molecule has 0 unspecified atom stereocenters. The molecular formula is C9H13F4N3OS. The second kappa shape index (κ2) is 5.59. The molecule has 1 aromatic rings. The van der Waals surface area contributed by atoms with Crippen molar-refractivity contribution in [1.29, 1.82) is 0 Å². The van der Waals surface area contributed by atoms with Gasteiger partial charge in [-0.25, -0.2) is 8.78 Å². The van der Waals surface area contributed by atoms with Gasteiger partial charge in [0, 0.05) is 0 Å². The van der Waals surface area contributed by atoms with Crippen LogP contribution in [0.5, 0.6) is 5.75 Å². The summed E-state index contributed by atoms with van der Waals surface area (Å²) in [5.41, 5.74) is 5.49. The summed E-state index contributed by atoms with van der Waals surface area (Å²) in [5, 5.41) is 2.29. The maximum absolute atomic E-state index is 12.7. The Bertz CT molecular complexity index is 397. The molecule has 104 valence electrons. The highest BCUT2D eigenvalue weighted by molar-refractivity contribution is 7.11. The van der Waals surface area contributed by atoms with Crippen LogP contribution in [0, 0.1) is 0 Å². The number of halogens is 4. The van der Waals surface area contributed by atoms with Gasteiger partial charge in [0.05, 0.1) is 12.6 Å². The number of alkyl halides is 4. The maximum Gasteiger partial charge on any atom is 0.324 e. The Labute approximate surface area is 105 Å². The minimum Gasteiger partial charge on any atom is -0.484 e. The van der Waals surface area contributed by atoms with Gasteiger partial charge in [-0.3, -0.25) is 0 Å². The molecule has 0 aromatic carbocycles. The third-order valence-electron chi connectivity index (χ3n) is 1.83. The van der Waals surface area contributed by atoms with Crippen molar-refractivity contribution in [2.45, 2.75) is 32.3 Å². The van der Waals surface area contributed by atoms with Crippen molar-refractivity contribution in [3.8, 4) is 5.75 Å². The summed E-state index contributed by atoms with van der Waals surface area (Å²) in [4.78, 5) is 0. The van der Waals surface area contributed by atoms with Crippen molar-refractivity contribution in [3.63, 3.8) is 0 Å². The van der Waals surface area contributed by atoms with Crippen LogP contribution >= 0.6 is 11.5 Å². The lowest BCUT2D eigenvalue weighted by Crippen LogP contribution is -2.34. The quantitative estimate of drug-likeness (QED) is 0.790. The fourth-order valence-corrected chi connectivity index (χ4v) is 1.68. The van der Waals surface area contributed by atoms with E-state index in [1.165, 1.54) is 0 Å². The van der Waals surface area contributed by atoms with E-state index in [1.54, 1.807) is 13.8 Å². The van der Waals surface area contributed by atoms with Crippen LogP contribution in [-0.2, 0) is 0 Å². The topological polar surface area (TPSA) is 60.2 Å². The minimum absolute atomic E-state index is 0.0385. The van der Waals surface area contributed by atoms with Crippen LogP contribution in [0.3, 0.4) is 0 Å². The second-order valence-corrected chi connectivity index (χ2v) is 4.58. The van der Waals surface area contributed by atoms with Crippen molar-refractivity contribution >= 4 is 22.4 Å². The van der Waals surface area contributed by atoms with Gasteiger partial charge >= 0.3 is 12.3 Å². The van der Waals surface area contributed by atoms with E-state index in [1.807, 2.05) is 0 Å². The molecule has 9 heteroatoms. The number of nitrogen functional groups attached to an aromatic ring is 1. The lowest BCUT2D eigenvalue weighted by atomic mass is 10.3. The Balaban J connectivity index is 2.74. The first-order valence-electron chi connectivity index (χ1n) is 5.05. The fraction of sp³-hybridized carbons (Fsp3) is 0.667. The first-order chi connectivity index (χ1) is 8.24. The molecule has 0 aliphatic rings. The van der Waals surface area contributed by atoms with Crippen molar-refractivity contribution in [2.75, 3.05) is 17.6 Å². The summed E-state index contributed by atoms with van der Waals surface area (Å²) < 4.78 is 58.4. The number of nitrogens with zero attached hydrogens (tertiary/aromatic N) is 1. The first-order valence-corrected chi connectivity index (χ1v) is 5.83. The molecule has 0 amide bonds. The fourth-order valence-electron chi connectivity index (χ4n) is 1.03. The highest BCUT2D eigenvalue weighted by Crippen LogP contribution is 2.36. The predicted octanol–water partition coefficient (Wildman–Crippen LogP) is 2.82. The summed E-state index contributed by atoms with van der Waals surface area (Å²) in [6.07, 6.45) is -3.97. The SMILES string of the molecule is CC(C)Oc1c(N)nsc1NCC(F)(F)C(F)F. The normalized spacial score (nSPS) is 12.2. The third-order valence-corrected chi connectivity index (χ3v) is 2.63. The molecule has 1 heterocycles. The first kappa shape index (κ1) is 14.8. The van der Waals surface area contributed by atoms with E-state index in [0.29, 0.717) is 0 Å². The average Bonchev–Trinajstić information content (AvgIpc) is 2.57. The zero-order valence-electron chi connectivity index (χ0n) is 9.71. The van der Waals surface area contributed by atoms with Crippen LogP contribution in [0.4, 0.5) is 28.4 Å². The number of hydrogen-bond donors (Lipinski definition) is 2. The van der Waals surface area contributed by atoms with Crippen molar-refractivity contribution in [3.05, 3.63) is 0 Å². The zero-order valence-corrected chi connectivity index (χ0v) is 10.5. The van der Waals surface area contributed by atoms with E-state index in [-0.39, 0.29) is 22.7 Å². The minimum atomic E-state index is -4.12. The van der Waals surface area contributed by atoms with E-state index < -0.39 is 18.9 Å². The number of rotatable bonds is 6. The zero-order chi connectivity index (χ0) is 13.9. The number of hydrogen-bond acceptors (Lipinski definition) is 5. The number of anilines is 2. The van der Waals surface area contributed by atoms with Crippen LogP contribution in [-0.4, -0.2) is 29.4 Å². The number of aromatic nitrogens is 1. The summed E-state index contributed by atoms with van der Waals surface area (Å²) >= 11 is 0.781. The Morgan fingerprint density at radius 1 is 1.44 bits per heavy atom. The van der Waals surface area contributed by atoms with Crippen molar-refractivity contribution in [2.24, 2.45) is 0 Å². The molecule has 0 atom stereocenters. The molecule has 1 rings (SSSR count). The Hall–Kier alpha value is -1.25. The van der Waals surface area contributed by atoms with E-state index in [0.717, 1.165) is 11.5 Å². The van der Waals surface area contributed by atoms with Crippen LogP contribution in [0.25, 0.3) is 0 Å². The third kappa shape index (κ3) is 3.62. The molecular weight excluding hydrogens is 274 g/mol. The van der Waals surface area contributed by atoms with E-state index in [2.05, 4.69) is 9.69 Å². The molecule has 0 aliphatic carbocycles.